The second-order valence-corrected chi connectivity index (χ2v) is 8.24. The van der Waals surface area contributed by atoms with Gasteiger partial charge in [0.1, 0.15) is 5.82 Å². The molecule has 0 saturated heterocycles. The SMILES string of the molecule is CSCC[C@H](NC(=O)CCCc1c[nH]c2ccccc12)c1nc2ccccc2[nH]1. The van der Waals surface area contributed by atoms with E-state index in [4.69, 9.17) is 4.98 Å². The lowest BCUT2D eigenvalue weighted by molar-refractivity contribution is -0.122. The zero-order valence-electron chi connectivity index (χ0n) is 16.6. The minimum absolute atomic E-state index is 0.0800. The van der Waals surface area contributed by atoms with Crippen LogP contribution < -0.4 is 5.32 Å². The number of aryl methyl sites for hydroxylation is 1. The normalized spacial score (nSPS) is 12.4. The second kappa shape index (κ2) is 9.18. The number of carbonyl (C=O) groups excluding carboxylic acids is 1. The van der Waals surface area contributed by atoms with Crippen molar-refractivity contribution in [3.8, 4) is 0 Å². The van der Waals surface area contributed by atoms with Crippen molar-refractivity contribution in [1.82, 2.24) is 20.3 Å². The Bertz CT molecular complexity index is 1070. The molecule has 2 aromatic carbocycles. The molecule has 3 N–H and O–H groups in total. The molecule has 2 heterocycles. The van der Waals surface area contributed by atoms with E-state index in [1.807, 2.05) is 30.3 Å². The van der Waals surface area contributed by atoms with Crippen molar-refractivity contribution in [2.24, 2.45) is 0 Å². The number of fused-ring (bicyclic) bond motifs is 2. The molecule has 1 atom stereocenters. The number of carbonyl (C=O) groups is 1. The summed E-state index contributed by atoms with van der Waals surface area (Å²) in [6.07, 6.45) is 7.21. The van der Waals surface area contributed by atoms with E-state index in [-0.39, 0.29) is 11.9 Å². The molecule has 0 bridgehead atoms. The predicted molar refractivity (Wildman–Crippen MR) is 121 cm³/mol. The van der Waals surface area contributed by atoms with Gasteiger partial charge in [0.25, 0.3) is 0 Å². The molecule has 0 aliphatic carbocycles. The first-order valence-electron chi connectivity index (χ1n) is 10.0. The highest BCUT2D eigenvalue weighted by molar-refractivity contribution is 7.98. The zero-order chi connectivity index (χ0) is 20.1. The highest BCUT2D eigenvalue weighted by atomic mass is 32.2. The molecule has 0 saturated carbocycles. The first-order valence-corrected chi connectivity index (χ1v) is 11.4. The van der Waals surface area contributed by atoms with E-state index in [9.17, 15) is 4.79 Å². The number of imidazole rings is 1. The number of aromatic amines is 2. The molecule has 6 heteroatoms. The van der Waals surface area contributed by atoms with Crippen LogP contribution in [-0.2, 0) is 11.2 Å². The number of H-pyrrole nitrogens is 2. The first kappa shape index (κ1) is 19.6. The third-order valence-corrected chi connectivity index (χ3v) is 5.85. The lowest BCUT2D eigenvalue weighted by Crippen LogP contribution is -2.29. The summed E-state index contributed by atoms with van der Waals surface area (Å²) in [5.74, 6) is 1.89. The topological polar surface area (TPSA) is 73.6 Å². The van der Waals surface area contributed by atoms with Crippen LogP contribution in [0.3, 0.4) is 0 Å². The molecular formula is C23H26N4OS. The van der Waals surface area contributed by atoms with Crippen LogP contribution in [0.5, 0.6) is 0 Å². The van der Waals surface area contributed by atoms with Gasteiger partial charge in [0.05, 0.1) is 17.1 Å². The molecule has 0 unspecified atom stereocenters. The van der Waals surface area contributed by atoms with Gasteiger partial charge in [0.2, 0.25) is 5.91 Å². The van der Waals surface area contributed by atoms with Crippen LogP contribution in [0.25, 0.3) is 21.9 Å². The number of thioether (sulfide) groups is 1. The summed E-state index contributed by atoms with van der Waals surface area (Å²) in [7, 11) is 0. The maximum atomic E-state index is 12.6. The number of rotatable bonds is 9. The molecule has 1 amide bonds. The molecule has 5 nitrogen and oxygen atoms in total. The summed E-state index contributed by atoms with van der Waals surface area (Å²) in [6.45, 7) is 0. The fourth-order valence-electron chi connectivity index (χ4n) is 3.69. The van der Waals surface area contributed by atoms with Gasteiger partial charge in [0, 0.05) is 23.5 Å². The Hall–Kier alpha value is -2.73. The summed E-state index contributed by atoms with van der Waals surface area (Å²) in [6, 6.07) is 16.2. The summed E-state index contributed by atoms with van der Waals surface area (Å²) >= 11 is 1.78. The van der Waals surface area contributed by atoms with E-state index >= 15 is 0 Å². The third kappa shape index (κ3) is 4.65. The number of amides is 1. The smallest absolute Gasteiger partial charge is 0.220 e. The number of nitrogens with one attached hydrogen (secondary N) is 3. The highest BCUT2D eigenvalue weighted by Gasteiger charge is 2.18. The molecule has 0 aliphatic rings. The summed E-state index contributed by atoms with van der Waals surface area (Å²) in [5.41, 5.74) is 4.36. The molecule has 150 valence electrons. The third-order valence-electron chi connectivity index (χ3n) is 5.21. The van der Waals surface area contributed by atoms with Gasteiger partial charge in [-0.25, -0.2) is 4.98 Å². The van der Waals surface area contributed by atoms with Crippen LogP contribution in [0, 0.1) is 0 Å². The van der Waals surface area contributed by atoms with Crippen molar-refractivity contribution in [3.05, 3.63) is 66.1 Å². The van der Waals surface area contributed by atoms with E-state index in [0.29, 0.717) is 6.42 Å². The maximum absolute atomic E-state index is 12.6. The molecule has 29 heavy (non-hydrogen) atoms. The van der Waals surface area contributed by atoms with Crippen LogP contribution in [0.4, 0.5) is 0 Å². The van der Waals surface area contributed by atoms with Crippen LogP contribution in [0.1, 0.15) is 36.7 Å². The molecule has 0 spiro atoms. The Balaban J connectivity index is 1.37. The van der Waals surface area contributed by atoms with Crippen molar-refractivity contribution in [2.45, 2.75) is 31.7 Å². The van der Waals surface area contributed by atoms with Gasteiger partial charge in [0.15, 0.2) is 0 Å². The van der Waals surface area contributed by atoms with Gasteiger partial charge < -0.3 is 15.3 Å². The minimum Gasteiger partial charge on any atom is -0.361 e. The monoisotopic (exact) mass is 406 g/mol. The quantitative estimate of drug-likeness (QED) is 0.367. The van der Waals surface area contributed by atoms with Crippen LogP contribution in [0.15, 0.2) is 54.7 Å². The number of aromatic nitrogens is 3. The van der Waals surface area contributed by atoms with Gasteiger partial charge in [-0.05, 0) is 55.0 Å². The molecule has 2 aromatic heterocycles. The standard InChI is InChI=1S/C23H26N4OS/c1-29-14-13-21(23-26-19-10-4-5-11-20(19)27-23)25-22(28)12-6-7-16-15-24-18-9-3-2-8-17(16)18/h2-5,8-11,15,21,24H,6-7,12-14H2,1H3,(H,25,28)(H,26,27)/t21-/m0/s1. The molecule has 0 fully saturated rings. The lowest BCUT2D eigenvalue weighted by Gasteiger charge is -2.16. The first-order chi connectivity index (χ1) is 14.2. The minimum atomic E-state index is -0.0876. The van der Waals surface area contributed by atoms with Crippen molar-refractivity contribution in [2.75, 3.05) is 12.0 Å². The Kier molecular flexibility index (Phi) is 6.20. The van der Waals surface area contributed by atoms with Gasteiger partial charge in [-0.1, -0.05) is 30.3 Å². The molecule has 4 rings (SSSR count). The number of hydrogen-bond donors (Lipinski definition) is 3. The fourth-order valence-corrected chi connectivity index (χ4v) is 4.17. The number of para-hydroxylation sites is 3. The van der Waals surface area contributed by atoms with E-state index in [1.165, 1.54) is 10.9 Å². The van der Waals surface area contributed by atoms with Gasteiger partial charge in [-0.3, -0.25) is 4.79 Å². The highest BCUT2D eigenvalue weighted by Crippen LogP contribution is 2.21. The number of hydrogen-bond acceptors (Lipinski definition) is 3. The van der Waals surface area contributed by atoms with Crippen LogP contribution in [-0.4, -0.2) is 32.9 Å². The average Bonchev–Trinajstić information content (AvgIpc) is 3.35. The molecule has 0 aliphatic heterocycles. The Morgan fingerprint density at radius 1 is 1.14 bits per heavy atom. The Morgan fingerprint density at radius 2 is 1.93 bits per heavy atom. The summed E-state index contributed by atoms with van der Waals surface area (Å²) in [4.78, 5) is 24.0. The molecule has 4 aromatic rings. The molecule has 0 radical (unpaired) electrons. The lowest BCUT2D eigenvalue weighted by atomic mass is 10.1. The fraction of sp³-hybridized carbons (Fsp3) is 0.304. The number of benzene rings is 2. The van der Waals surface area contributed by atoms with Crippen molar-refractivity contribution in [3.63, 3.8) is 0 Å². The Labute approximate surface area is 174 Å². The number of nitrogens with zero attached hydrogens (tertiary/aromatic N) is 1. The largest absolute Gasteiger partial charge is 0.361 e. The van der Waals surface area contributed by atoms with E-state index in [1.54, 1.807) is 11.8 Å². The van der Waals surface area contributed by atoms with Gasteiger partial charge >= 0.3 is 0 Å². The summed E-state index contributed by atoms with van der Waals surface area (Å²) < 4.78 is 0. The van der Waals surface area contributed by atoms with E-state index in [0.717, 1.165) is 47.4 Å². The zero-order valence-corrected chi connectivity index (χ0v) is 17.4. The van der Waals surface area contributed by atoms with Crippen LogP contribution >= 0.6 is 11.8 Å². The van der Waals surface area contributed by atoms with E-state index in [2.05, 4.69) is 45.9 Å². The van der Waals surface area contributed by atoms with Crippen LogP contribution in [0.2, 0.25) is 0 Å². The van der Waals surface area contributed by atoms with Gasteiger partial charge in [-0.15, -0.1) is 0 Å². The second-order valence-electron chi connectivity index (χ2n) is 7.25. The van der Waals surface area contributed by atoms with Gasteiger partial charge in [-0.2, -0.15) is 11.8 Å². The van der Waals surface area contributed by atoms with E-state index < -0.39 is 0 Å². The van der Waals surface area contributed by atoms with Crippen molar-refractivity contribution < 1.29 is 4.79 Å². The molecular weight excluding hydrogens is 380 g/mol. The predicted octanol–water partition coefficient (Wildman–Crippen LogP) is 4.98. The average molecular weight is 407 g/mol. The Morgan fingerprint density at radius 3 is 2.76 bits per heavy atom. The van der Waals surface area contributed by atoms with Crippen molar-refractivity contribution >= 4 is 39.6 Å². The summed E-state index contributed by atoms with van der Waals surface area (Å²) in [5, 5.41) is 4.44. The maximum Gasteiger partial charge on any atom is 0.220 e. The van der Waals surface area contributed by atoms with Crippen molar-refractivity contribution in [1.29, 1.82) is 0 Å².